The summed E-state index contributed by atoms with van der Waals surface area (Å²) in [6.45, 7) is 9.17. The van der Waals surface area contributed by atoms with E-state index in [1.165, 1.54) is 19.3 Å². The fraction of sp³-hybridized carbons (Fsp3) is 0.769. The summed E-state index contributed by atoms with van der Waals surface area (Å²) in [7, 11) is 2.22. The molecule has 84 valence electrons. The maximum Gasteiger partial charge on any atom is 0.213 e. The molecule has 1 aromatic heterocycles. The zero-order chi connectivity index (χ0) is 11.2. The van der Waals surface area contributed by atoms with Gasteiger partial charge in [-0.25, -0.2) is 0 Å². The van der Waals surface area contributed by atoms with E-state index in [1.807, 2.05) is 0 Å². The van der Waals surface area contributed by atoms with Crippen LogP contribution >= 0.6 is 0 Å². The second-order valence-corrected chi connectivity index (χ2v) is 5.28. The van der Waals surface area contributed by atoms with E-state index in [0.29, 0.717) is 12.0 Å². The standard InChI is InChI=1S/C13H23N2/c1-9(2)13-11-7-6-8-12(11)15(10(3)4)14(13)5/h9-10H,6-8H2,1-5H3/q+1. The Bertz CT molecular complexity index is 339. The van der Waals surface area contributed by atoms with Crippen molar-refractivity contribution in [3.8, 4) is 0 Å². The Morgan fingerprint density at radius 1 is 1.13 bits per heavy atom. The molecule has 0 atom stereocenters. The van der Waals surface area contributed by atoms with Crippen molar-refractivity contribution in [2.75, 3.05) is 0 Å². The first kappa shape index (κ1) is 10.7. The minimum atomic E-state index is 0.578. The van der Waals surface area contributed by atoms with Gasteiger partial charge in [0.2, 0.25) is 5.69 Å². The minimum absolute atomic E-state index is 0.578. The van der Waals surface area contributed by atoms with E-state index >= 15 is 0 Å². The highest BCUT2D eigenvalue weighted by Gasteiger charge is 2.33. The summed E-state index contributed by atoms with van der Waals surface area (Å²) in [4.78, 5) is 0. The average Bonchev–Trinajstić information content (AvgIpc) is 2.60. The third kappa shape index (κ3) is 1.51. The lowest BCUT2D eigenvalue weighted by atomic mass is 10.0. The number of fused-ring (bicyclic) bond motifs is 1. The van der Waals surface area contributed by atoms with Crippen LogP contribution in [0.5, 0.6) is 0 Å². The third-order valence-electron chi connectivity index (χ3n) is 3.48. The second-order valence-electron chi connectivity index (χ2n) is 5.28. The van der Waals surface area contributed by atoms with E-state index in [1.54, 1.807) is 17.0 Å². The molecule has 1 aliphatic rings. The van der Waals surface area contributed by atoms with Crippen LogP contribution in [0.3, 0.4) is 0 Å². The van der Waals surface area contributed by atoms with Crippen LogP contribution in [0.1, 0.15) is 63.0 Å². The highest BCUT2D eigenvalue weighted by atomic mass is 15.4. The number of hydrogen-bond acceptors (Lipinski definition) is 0. The Morgan fingerprint density at radius 3 is 2.33 bits per heavy atom. The average molecular weight is 207 g/mol. The van der Waals surface area contributed by atoms with Gasteiger partial charge in [-0.05, 0) is 33.1 Å². The molecule has 0 spiro atoms. The number of rotatable bonds is 2. The maximum atomic E-state index is 2.48. The first-order valence-electron chi connectivity index (χ1n) is 6.16. The van der Waals surface area contributed by atoms with Crippen molar-refractivity contribution in [2.24, 2.45) is 7.05 Å². The zero-order valence-electron chi connectivity index (χ0n) is 10.7. The van der Waals surface area contributed by atoms with Crippen molar-refractivity contribution in [2.45, 2.75) is 58.9 Å². The second kappa shape index (κ2) is 3.66. The normalized spacial score (nSPS) is 15.4. The molecule has 1 aromatic rings. The molecule has 0 saturated carbocycles. The van der Waals surface area contributed by atoms with Gasteiger partial charge in [0.1, 0.15) is 0 Å². The van der Waals surface area contributed by atoms with Gasteiger partial charge in [-0.1, -0.05) is 13.8 Å². The van der Waals surface area contributed by atoms with Gasteiger partial charge in [0.25, 0.3) is 0 Å². The monoisotopic (exact) mass is 207 g/mol. The molecule has 2 rings (SSSR count). The van der Waals surface area contributed by atoms with Crippen LogP contribution in [0.2, 0.25) is 0 Å². The van der Waals surface area contributed by atoms with Crippen molar-refractivity contribution < 1.29 is 4.68 Å². The lowest BCUT2D eigenvalue weighted by Gasteiger charge is -2.08. The maximum absolute atomic E-state index is 2.48. The van der Waals surface area contributed by atoms with Crippen LogP contribution in [0.25, 0.3) is 0 Å². The van der Waals surface area contributed by atoms with Gasteiger partial charge in [-0.15, -0.1) is 4.68 Å². The molecule has 1 heterocycles. The number of nitrogens with zero attached hydrogens (tertiary/aromatic N) is 2. The van der Waals surface area contributed by atoms with Crippen LogP contribution < -0.4 is 4.68 Å². The van der Waals surface area contributed by atoms with Crippen LogP contribution in [0, 0.1) is 0 Å². The molecule has 0 aliphatic heterocycles. The van der Waals surface area contributed by atoms with Gasteiger partial charge in [-0.2, -0.15) is 4.68 Å². The Balaban J connectivity index is 2.62. The van der Waals surface area contributed by atoms with Crippen LogP contribution in [-0.4, -0.2) is 4.68 Å². The summed E-state index contributed by atoms with van der Waals surface area (Å²) >= 11 is 0. The molecule has 0 aromatic carbocycles. The predicted molar refractivity (Wildman–Crippen MR) is 62.1 cm³/mol. The Hall–Kier alpha value is -0.790. The summed E-state index contributed by atoms with van der Waals surface area (Å²) in [5.41, 5.74) is 4.79. The quantitative estimate of drug-likeness (QED) is 0.659. The molecule has 1 aliphatic carbocycles. The summed E-state index contributed by atoms with van der Waals surface area (Å²) in [5.74, 6) is 0.641. The first-order valence-corrected chi connectivity index (χ1v) is 6.16. The molecule has 0 amide bonds. The zero-order valence-corrected chi connectivity index (χ0v) is 10.7. The summed E-state index contributed by atoms with van der Waals surface area (Å²) in [5, 5.41) is 0. The molecule has 0 saturated heterocycles. The highest BCUT2D eigenvalue weighted by Crippen LogP contribution is 2.29. The highest BCUT2D eigenvalue weighted by molar-refractivity contribution is 5.29. The van der Waals surface area contributed by atoms with Crippen molar-refractivity contribution in [1.82, 2.24) is 4.68 Å². The van der Waals surface area contributed by atoms with Crippen molar-refractivity contribution >= 4 is 0 Å². The third-order valence-corrected chi connectivity index (χ3v) is 3.48. The predicted octanol–water partition coefficient (Wildman–Crippen LogP) is 2.51. The molecular formula is C13H23N2+. The fourth-order valence-corrected chi connectivity index (χ4v) is 3.13. The van der Waals surface area contributed by atoms with Gasteiger partial charge in [0, 0.05) is 11.5 Å². The van der Waals surface area contributed by atoms with Gasteiger partial charge < -0.3 is 0 Å². The van der Waals surface area contributed by atoms with E-state index in [0.717, 1.165) is 0 Å². The molecule has 0 bridgehead atoms. The molecule has 15 heavy (non-hydrogen) atoms. The summed E-state index contributed by atoms with van der Waals surface area (Å²) in [6.07, 6.45) is 3.91. The van der Waals surface area contributed by atoms with E-state index in [2.05, 4.69) is 44.1 Å². The lowest BCUT2D eigenvalue weighted by molar-refractivity contribution is -0.763. The molecular weight excluding hydrogens is 184 g/mol. The van der Waals surface area contributed by atoms with Gasteiger partial charge in [0.05, 0.1) is 11.7 Å². The lowest BCUT2D eigenvalue weighted by Crippen LogP contribution is -2.44. The Kier molecular flexibility index (Phi) is 2.61. The van der Waals surface area contributed by atoms with Crippen molar-refractivity contribution in [3.63, 3.8) is 0 Å². The van der Waals surface area contributed by atoms with Gasteiger partial charge in [-0.3, -0.25) is 0 Å². The van der Waals surface area contributed by atoms with Crippen LogP contribution in [0.15, 0.2) is 0 Å². The molecule has 0 fully saturated rings. The Labute approximate surface area is 92.9 Å². The molecule has 0 unspecified atom stereocenters. The van der Waals surface area contributed by atoms with Crippen molar-refractivity contribution in [1.29, 1.82) is 0 Å². The molecule has 0 radical (unpaired) electrons. The first-order chi connectivity index (χ1) is 7.04. The topological polar surface area (TPSA) is 8.81 Å². The van der Waals surface area contributed by atoms with E-state index in [4.69, 9.17) is 0 Å². The molecule has 2 nitrogen and oxygen atoms in total. The van der Waals surface area contributed by atoms with Gasteiger partial charge >= 0.3 is 0 Å². The van der Waals surface area contributed by atoms with E-state index in [-0.39, 0.29) is 0 Å². The number of hydrogen-bond donors (Lipinski definition) is 0. The summed E-state index contributed by atoms with van der Waals surface area (Å²) in [6, 6.07) is 0.578. The van der Waals surface area contributed by atoms with E-state index in [9.17, 15) is 0 Å². The molecule has 2 heteroatoms. The number of aromatic nitrogens is 2. The Morgan fingerprint density at radius 2 is 1.80 bits per heavy atom. The molecule has 0 N–H and O–H groups in total. The van der Waals surface area contributed by atoms with Crippen LogP contribution in [-0.2, 0) is 19.9 Å². The van der Waals surface area contributed by atoms with Crippen LogP contribution in [0.4, 0.5) is 0 Å². The van der Waals surface area contributed by atoms with Gasteiger partial charge in [0.15, 0.2) is 7.05 Å². The van der Waals surface area contributed by atoms with E-state index < -0.39 is 0 Å². The van der Waals surface area contributed by atoms with Crippen molar-refractivity contribution in [3.05, 3.63) is 17.0 Å². The SMILES string of the molecule is CC(C)c1c2c(n(C(C)C)[n+]1C)CCC2. The summed E-state index contributed by atoms with van der Waals surface area (Å²) < 4.78 is 4.87. The largest absolute Gasteiger partial charge is 0.213 e. The minimum Gasteiger partial charge on any atom is -0.155 e. The fourth-order valence-electron chi connectivity index (χ4n) is 3.13. The smallest absolute Gasteiger partial charge is 0.155 e.